The summed E-state index contributed by atoms with van der Waals surface area (Å²) < 4.78 is 15.6. The van der Waals surface area contributed by atoms with Crippen LogP contribution in [0, 0.1) is 11.3 Å². The van der Waals surface area contributed by atoms with Crippen LogP contribution in [0.5, 0.6) is 0 Å². The Morgan fingerprint density at radius 1 is 2.00 bits per heavy atom. The lowest BCUT2D eigenvalue weighted by Gasteiger charge is -1.92. The summed E-state index contributed by atoms with van der Waals surface area (Å²) in [5.74, 6) is -1.15. The van der Waals surface area contributed by atoms with E-state index in [1.165, 1.54) is 0 Å². The summed E-state index contributed by atoms with van der Waals surface area (Å²) in [6.07, 6.45) is -2.14. The van der Waals surface area contributed by atoms with Gasteiger partial charge in [0.1, 0.15) is 6.07 Å². The van der Waals surface area contributed by atoms with Crippen molar-refractivity contribution in [2.24, 2.45) is 0 Å². The number of ether oxygens (including phenoxy) is 1. The van der Waals surface area contributed by atoms with Gasteiger partial charge in [-0.1, -0.05) is 0 Å². The van der Waals surface area contributed by atoms with Crippen LogP contribution in [-0.2, 0) is 9.53 Å². The number of carbonyl (C=O) groups is 1. The van der Waals surface area contributed by atoms with Crippen molar-refractivity contribution in [2.45, 2.75) is 6.17 Å². The summed E-state index contributed by atoms with van der Waals surface area (Å²) in [5, 5.41) is 7.71. The van der Waals surface area contributed by atoms with Crippen LogP contribution in [0.3, 0.4) is 0 Å². The normalized spacial score (nSPS) is 11.6. The van der Waals surface area contributed by atoms with E-state index in [2.05, 4.69) is 4.74 Å². The standard InChI is InChI=1S/C4H4FNO2/c1-8-4(7)3(5)2-6/h3H,1H3. The number of carbonyl (C=O) groups excluding carboxylic acids is 1. The van der Waals surface area contributed by atoms with Crippen LogP contribution < -0.4 is 0 Å². The molecule has 0 saturated carbocycles. The van der Waals surface area contributed by atoms with Gasteiger partial charge in [0.05, 0.1) is 7.11 Å². The number of esters is 1. The molecule has 1 atom stereocenters. The molecule has 0 spiro atoms. The van der Waals surface area contributed by atoms with Gasteiger partial charge in [0.25, 0.3) is 6.17 Å². The van der Waals surface area contributed by atoms with Gasteiger partial charge < -0.3 is 4.74 Å². The molecular formula is C4H4FNO2. The zero-order valence-electron chi connectivity index (χ0n) is 4.22. The summed E-state index contributed by atoms with van der Waals surface area (Å²) in [7, 11) is 1.02. The van der Waals surface area contributed by atoms with E-state index in [1.54, 1.807) is 0 Å². The molecule has 3 nitrogen and oxygen atoms in total. The van der Waals surface area contributed by atoms with Gasteiger partial charge >= 0.3 is 5.97 Å². The van der Waals surface area contributed by atoms with Crippen LogP contribution in [0.25, 0.3) is 0 Å². The molecule has 0 heterocycles. The smallest absolute Gasteiger partial charge is 0.355 e. The summed E-state index contributed by atoms with van der Waals surface area (Å²) in [6, 6.07) is 1.07. The Morgan fingerprint density at radius 2 is 2.50 bits per heavy atom. The van der Waals surface area contributed by atoms with E-state index in [9.17, 15) is 9.18 Å². The Morgan fingerprint density at radius 3 is 2.62 bits per heavy atom. The minimum absolute atomic E-state index is 1.02. The van der Waals surface area contributed by atoms with Gasteiger partial charge in [-0.25, -0.2) is 9.18 Å². The summed E-state index contributed by atoms with van der Waals surface area (Å²) in [6.45, 7) is 0. The first-order valence-electron chi connectivity index (χ1n) is 1.84. The van der Waals surface area contributed by atoms with Gasteiger partial charge in [-0.05, 0) is 0 Å². The number of methoxy groups -OCH3 is 1. The summed E-state index contributed by atoms with van der Waals surface area (Å²) in [4.78, 5) is 9.92. The second-order valence-corrected chi connectivity index (χ2v) is 1.01. The largest absolute Gasteiger partial charge is 0.466 e. The molecule has 0 aromatic rings. The molecule has 0 aliphatic heterocycles. The molecule has 0 aliphatic rings. The molecule has 0 amide bonds. The Bertz CT molecular complexity index is 128. The molecule has 0 saturated heterocycles. The Kier molecular flexibility index (Phi) is 2.56. The number of rotatable bonds is 1. The van der Waals surface area contributed by atoms with Crippen molar-refractivity contribution in [1.82, 2.24) is 0 Å². The zero-order valence-corrected chi connectivity index (χ0v) is 4.22. The molecule has 0 fully saturated rings. The molecule has 0 aromatic heterocycles. The molecule has 1 unspecified atom stereocenters. The zero-order chi connectivity index (χ0) is 6.57. The lowest BCUT2D eigenvalue weighted by Crippen LogP contribution is -2.14. The third kappa shape index (κ3) is 1.56. The predicted molar refractivity (Wildman–Crippen MR) is 22.5 cm³/mol. The van der Waals surface area contributed by atoms with E-state index < -0.39 is 12.1 Å². The molecule has 0 bridgehead atoms. The van der Waals surface area contributed by atoms with Gasteiger partial charge in [0.15, 0.2) is 0 Å². The molecule has 0 aliphatic carbocycles. The average molecular weight is 117 g/mol. The second kappa shape index (κ2) is 2.97. The lowest BCUT2D eigenvalue weighted by atomic mass is 10.4. The van der Waals surface area contributed by atoms with Gasteiger partial charge in [-0.15, -0.1) is 0 Å². The summed E-state index contributed by atoms with van der Waals surface area (Å²) in [5.41, 5.74) is 0. The van der Waals surface area contributed by atoms with Crippen molar-refractivity contribution in [1.29, 1.82) is 5.26 Å². The van der Waals surface area contributed by atoms with Crippen LogP contribution in [0.15, 0.2) is 0 Å². The number of halogens is 1. The lowest BCUT2D eigenvalue weighted by molar-refractivity contribution is -0.144. The van der Waals surface area contributed by atoms with Crippen molar-refractivity contribution < 1.29 is 13.9 Å². The Hall–Kier alpha value is -1.11. The molecule has 44 valence electrons. The topological polar surface area (TPSA) is 50.1 Å². The van der Waals surface area contributed by atoms with E-state index in [0.29, 0.717) is 0 Å². The van der Waals surface area contributed by atoms with Crippen LogP contribution in [0.2, 0.25) is 0 Å². The van der Waals surface area contributed by atoms with E-state index in [-0.39, 0.29) is 0 Å². The molecule has 0 N–H and O–H groups in total. The molecular weight excluding hydrogens is 113 g/mol. The molecule has 0 rings (SSSR count). The van der Waals surface area contributed by atoms with E-state index in [1.807, 2.05) is 0 Å². The second-order valence-electron chi connectivity index (χ2n) is 1.01. The first-order chi connectivity index (χ1) is 3.72. The fraction of sp³-hybridized carbons (Fsp3) is 0.500. The minimum atomic E-state index is -2.14. The molecule has 0 aromatic carbocycles. The molecule has 4 heteroatoms. The third-order valence-corrected chi connectivity index (χ3v) is 0.521. The predicted octanol–water partition coefficient (Wildman–Crippen LogP) is 0.0211. The third-order valence-electron chi connectivity index (χ3n) is 0.521. The van der Waals surface area contributed by atoms with E-state index >= 15 is 0 Å². The highest BCUT2D eigenvalue weighted by Crippen LogP contribution is 1.88. The fourth-order valence-corrected chi connectivity index (χ4v) is 0.156. The number of hydrogen-bond donors (Lipinski definition) is 0. The number of alkyl halides is 1. The Balaban J connectivity index is 3.68. The molecule has 8 heavy (non-hydrogen) atoms. The monoisotopic (exact) mass is 117 g/mol. The Labute approximate surface area is 45.7 Å². The summed E-state index contributed by atoms with van der Waals surface area (Å²) >= 11 is 0. The van der Waals surface area contributed by atoms with Crippen molar-refractivity contribution in [3.8, 4) is 6.07 Å². The van der Waals surface area contributed by atoms with Crippen LogP contribution in [0.1, 0.15) is 0 Å². The minimum Gasteiger partial charge on any atom is -0.466 e. The fourth-order valence-electron chi connectivity index (χ4n) is 0.156. The van der Waals surface area contributed by atoms with Crippen LogP contribution >= 0.6 is 0 Å². The maximum atomic E-state index is 11.7. The SMILES string of the molecule is COC(=O)C(F)C#N. The van der Waals surface area contributed by atoms with E-state index in [0.717, 1.165) is 13.2 Å². The first kappa shape index (κ1) is 6.89. The van der Waals surface area contributed by atoms with Crippen molar-refractivity contribution in [3.05, 3.63) is 0 Å². The number of nitrogens with zero attached hydrogens (tertiary/aromatic N) is 1. The maximum absolute atomic E-state index is 11.7. The highest BCUT2D eigenvalue weighted by atomic mass is 19.1. The quantitative estimate of drug-likeness (QED) is 0.455. The van der Waals surface area contributed by atoms with Crippen LogP contribution in [-0.4, -0.2) is 19.3 Å². The van der Waals surface area contributed by atoms with Crippen molar-refractivity contribution in [2.75, 3.05) is 7.11 Å². The number of nitriles is 1. The van der Waals surface area contributed by atoms with Crippen molar-refractivity contribution >= 4 is 5.97 Å². The van der Waals surface area contributed by atoms with Crippen molar-refractivity contribution in [3.63, 3.8) is 0 Å². The highest BCUT2D eigenvalue weighted by Gasteiger charge is 2.14. The first-order valence-corrected chi connectivity index (χ1v) is 1.84. The van der Waals surface area contributed by atoms with Gasteiger partial charge in [-0.2, -0.15) is 5.26 Å². The van der Waals surface area contributed by atoms with E-state index in [4.69, 9.17) is 5.26 Å². The van der Waals surface area contributed by atoms with Gasteiger partial charge in [0.2, 0.25) is 0 Å². The highest BCUT2D eigenvalue weighted by molar-refractivity contribution is 5.77. The number of hydrogen-bond acceptors (Lipinski definition) is 3. The molecule has 0 radical (unpaired) electrons. The van der Waals surface area contributed by atoms with Crippen LogP contribution in [0.4, 0.5) is 4.39 Å². The average Bonchev–Trinajstić information content (AvgIpc) is 1.84. The maximum Gasteiger partial charge on any atom is 0.355 e. The van der Waals surface area contributed by atoms with Gasteiger partial charge in [-0.3, -0.25) is 0 Å². The van der Waals surface area contributed by atoms with Gasteiger partial charge in [0, 0.05) is 0 Å².